The number of carbonyl (C=O) groups excluding carboxylic acids is 1. The molecule has 0 saturated heterocycles. The van der Waals surface area contributed by atoms with Gasteiger partial charge in [0.25, 0.3) is 5.91 Å². The topological polar surface area (TPSA) is 87.6 Å². The van der Waals surface area contributed by atoms with Crippen molar-refractivity contribution in [2.45, 2.75) is 48.4 Å². The van der Waals surface area contributed by atoms with E-state index in [9.17, 15) is 15.0 Å². The fourth-order valence-corrected chi connectivity index (χ4v) is 7.12. The van der Waals surface area contributed by atoms with Crippen LogP contribution in [0.5, 0.6) is 11.5 Å². The number of amides is 1. The molecule has 0 atom stereocenters. The Morgan fingerprint density at radius 1 is 0.938 bits per heavy atom. The average molecular weight is 537 g/mol. The maximum Gasteiger partial charge on any atom is 0.271 e. The Bertz CT molecular complexity index is 998. The van der Waals surface area contributed by atoms with Crippen LogP contribution in [0.3, 0.4) is 0 Å². The van der Waals surface area contributed by atoms with Gasteiger partial charge in [-0.25, -0.2) is 5.43 Å². The predicted molar refractivity (Wildman–Crippen MR) is 130 cm³/mol. The zero-order valence-corrected chi connectivity index (χ0v) is 21.6. The third kappa shape index (κ3) is 8.53. The van der Waals surface area contributed by atoms with E-state index in [0.717, 1.165) is 10.8 Å². The first kappa shape index (κ1) is 25.7. The monoisotopic (exact) mass is 538 g/mol. The van der Waals surface area contributed by atoms with E-state index in [0.29, 0.717) is 11.1 Å². The van der Waals surface area contributed by atoms with Crippen LogP contribution < -0.4 is 15.6 Å². The number of hydrogen-bond acceptors (Lipinski definition) is 4. The minimum absolute atomic E-state index is 0.149. The molecule has 0 saturated carbocycles. The zero-order chi connectivity index (χ0) is 23.2. The van der Waals surface area contributed by atoms with Crippen LogP contribution >= 0.6 is 0 Å². The van der Waals surface area contributed by atoms with Crippen molar-refractivity contribution in [3.05, 3.63) is 71.8 Å². The van der Waals surface area contributed by atoms with Gasteiger partial charge in [0, 0.05) is 5.56 Å². The summed E-state index contributed by atoms with van der Waals surface area (Å²) >= 11 is 0.149. The van der Waals surface area contributed by atoms with E-state index in [2.05, 4.69) is 24.4 Å². The van der Waals surface area contributed by atoms with Crippen molar-refractivity contribution in [2.75, 3.05) is 0 Å². The SMILES string of the molecule is CCC[CH2][Sn+2][CH2]CCC.O=C(N/N=C/c1c([O-])ccc2ccccc12)c1ccc([O-])cc1. The number of rotatable bonds is 9. The van der Waals surface area contributed by atoms with Gasteiger partial charge in [0.15, 0.2) is 0 Å². The molecule has 0 heterocycles. The van der Waals surface area contributed by atoms with E-state index in [1.54, 1.807) is 14.9 Å². The summed E-state index contributed by atoms with van der Waals surface area (Å²) in [6.45, 7) is 4.58. The second kappa shape index (κ2) is 14.5. The molecule has 1 N–H and O–H groups in total. The maximum absolute atomic E-state index is 12.0. The number of nitrogens with one attached hydrogen (secondary N) is 1. The Hall–Kier alpha value is -2.54. The largest absolute Gasteiger partial charge is 0.872 e. The van der Waals surface area contributed by atoms with Gasteiger partial charge >= 0.3 is 69.5 Å². The predicted octanol–water partition coefficient (Wildman–Crippen LogP) is 4.88. The molecule has 3 aromatic carbocycles. The Morgan fingerprint density at radius 3 is 2.25 bits per heavy atom. The number of hydrogen-bond donors (Lipinski definition) is 1. The van der Waals surface area contributed by atoms with Gasteiger partial charge in [-0.3, -0.25) is 4.79 Å². The summed E-state index contributed by atoms with van der Waals surface area (Å²) in [4.78, 5) is 11.9. The van der Waals surface area contributed by atoms with Crippen molar-refractivity contribution in [2.24, 2.45) is 5.10 Å². The van der Waals surface area contributed by atoms with Gasteiger partial charge in [0.2, 0.25) is 0 Å². The molecule has 0 aliphatic carbocycles. The Labute approximate surface area is 200 Å². The fraction of sp³-hybridized carbons (Fsp3) is 0.308. The molecule has 6 heteroatoms. The second-order valence-electron chi connectivity index (χ2n) is 7.38. The molecule has 0 aromatic heterocycles. The molecule has 0 aliphatic heterocycles. The van der Waals surface area contributed by atoms with Crippen LogP contribution in [-0.4, -0.2) is 33.3 Å². The van der Waals surface area contributed by atoms with Gasteiger partial charge in [-0.1, -0.05) is 66.4 Å². The van der Waals surface area contributed by atoms with Gasteiger partial charge in [0.1, 0.15) is 0 Å². The Morgan fingerprint density at radius 2 is 1.59 bits per heavy atom. The molecule has 0 spiro atoms. The molecular formula is C26H30N2O3Sn. The fourth-order valence-electron chi connectivity index (χ4n) is 2.96. The smallest absolute Gasteiger partial charge is 0.271 e. The molecule has 1 amide bonds. The number of fused-ring (bicyclic) bond motifs is 1. The van der Waals surface area contributed by atoms with Crippen molar-refractivity contribution < 1.29 is 15.0 Å². The van der Waals surface area contributed by atoms with Crippen LogP contribution in [-0.2, 0) is 0 Å². The van der Waals surface area contributed by atoms with Crippen molar-refractivity contribution >= 4 is 44.0 Å². The summed E-state index contributed by atoms with van der Waals surface area (Å²) in [7, 11) is 0. The zero-order valence-electron chi connectivity index (χ0n) is 18.8. The standard InChI is InChI=1S/C18H14N2O3.2C4H9.Sn/c21-14-8-5-13(6-9-14)18(23)20-19-11-16-15-4-2-1-3-12(15)7-10-17(16)22;2*1-3-4-2;/h1-11,21-22H,(H,20,23);2*1,3-4H2,2H3;/q;;;+2/p-2/b19-11+;;;. The normalized spacial score (nSPS) is 10.4. The number of carbonyl (C=O) groups is 1. The summed E-state index contributed by atoms with van der Waals surface area (Å²) < 4.78 is 3.25. The van der Waals surface area contributed by atoms with Crippen LogP contribution in [0.25, 0.3) is 10.8 Å². The van der Waals surface area contributed by atoms with E-state index in [1.807, 2.05) is 24.3 Å². The summed E-state index contributed by atoms with van der Waals surface area (Å²) in [5.41, 5.74) is 3.08. The summed E-state index contributed by atoms with van der Waals surface area (Å²) in [5, 5.41) is 28.5. The molecule has 0 unspecified atom stereocenters. The minimum atomic E-state index is -0.450. The number of nitrogens with zero attached hydrogens (tertiary/aromatic N) is 1. The van der Waals surface area contributed by atoms with Crippen molar-refractivity contribution in [1.29, 1.82) is 0 Å². The van der Waals surface area contributed by atoms with Gasteiger partial charge in [0.05, 0.1) is 6.21 Å². The third-order valence-electron chi connectivity index (χ3n) is 4.82. The van der Waals surface area contributed by atoms with E-state index >= 15 is 0 Å². The second-order valence-corrected chi connectivity index (χ2v) is 11.7. The van der Waals surface area contributed by atoms with Crippen LogP contribution in [0.1, 0.15) is 55.5 Å². The van der Waals surface area contributed by atoms with E-state index in [1.165, 1.54) is 62.2 Å². The Balaban J connectivity index is 0.000000344. The minimum Gasteiger partial charge on any atom is -0.872 e. The first-order chi connectivity index (χ1) is 15.6. The molecule has 3 rings (SSSR count). The van der Waals surface area contributed by atoms with E-state index in [-0.39, 0.29) is 32.6 Å². The van der Waals surface area contributed by atoms with Crippen LogP contribution in [0.4, 0.5) is 0 Å². The van der Waals surface area contributed by atoms with Gasteiger partial charge in [-0.2, -0.15) is 5.10 Å². The summed E-state index contributed by atoms with van der Waals surface area (Å²) in [5.74, 6) is -0.789. The molecule has 0 radical (unpaired) electrons. The average Bonchev–Trinajstić information content (AvgIpc) is 2.81. The molecule has 0 fully saturated rings. The van der Waals surface area contributed by atoms with E-state index < -0.39 is 5.91 Å². The number of hydrazone groups is 1. The first-order valence-corrected chi connectivity index (χ1v) is 15.1. The molecule has 0 bridgehead atoms. The molecule has 166 valence electrons. The number of benzene rings is 3. The third-order valence-corrected chi connectivity index (χ3v) is 8.86. The summed E-state index contributed by atoms with van der Waals surface area (Å²) in [6, 6.07) is 16.1. The molecular weight excluding hydrogens is 507 g/mol. The van der Waals surface area contributed by atoms with Crippen molar-refractivity contribution in [1.82, 2.24) is 5.43 Å². The van der Waals surface area contributed by atoms with Gasteiger partial charge in [-0.15, -0.1) is 5.75 Å². The summed E-state index contributed by atoms with van der Waals surface area (Å²) in [6.07, 6.45) is 7.18. The van der Waals surface area contributed by atoms with E-state index in [4.69, 9.17) is 0 Å². The molecule has 5 nitrogen and oxygen atoms in total. The van der Waals surface area contributed by atoms with Crippen LogP contribution in [0, 0.1) is 0 Å². The first-order valence-electron chi connectivity index (χ1n) is 11.1. The van der Waals surface area contributed by atoms with Gasteiger partial charge in [-0.05, 0) is 16.3 Å². The Kier molecular flexibility index (Phi) is 11.7. The van der Waals surface area contributed by atoms with Crippen LogP contribution in [0.2, 0.25) is 8.87 Å². The van der Waals surface area contributed by atoms with Crippen molar-refractivity contribution in [3.8, 4) is 11.5 Å². The maximum atomic E-state index is 12.0. The molecule has 3 aromatic rings. The number of unbranched alkanes of at least 4 members (excludes halogenated alkanes) is 2. The van der Waals surface area contributed by atoms with Crippen LogP contribution in [0.15, 0.2) is 65.8 Å². The quantitative estimate of drug-likeness (QED) is 0.183. The molecule has 32 heavy (non-hydrogen) atoms. The van der Waals surface area contributed by atoms with Gasteiger partial charge < -0.3 is 10.2 Å². The van der Waals surface area contributed by atoms with Crippen molar-refractivity contribution in [3.63, 3.8) is 0 Å². The molecule has 0 aliphatic rings.